The second kappa shape index (κ2) is 13.7. The third kappa shape index (κ3) is 8.92. The van der Waals surface area contributed by atoms with Gasteiger partial charge >= 0.3 is 12.1 Å². The molecule has 1 fully saturated rings. The fourth-order valence-electron chi connectivity index (χ4n) is 5.21. The van der Waals surface area contributed by atoms with E-state index in [1.165, 1.54) is 6.07 Å². The number of unbranched alkanes of at least 4 members (excludes halogenated alkanes) is 1. The Balaban J connectivity index is 1.57. The van der Waals surface area contributed by atoms with Crippen LogP contribution in [0.3, 0.4) is 0 Å². The number of carboxylic acid groups (broad SMARTS) is 1. The molecule has 5 nitrogen and oxygen atoms in total. The standard InChI is InChI=1S/C29H39F4NO4/c1-19-9-10-21(15-27(19)30)14-24-7-5-13-34(24)17-25(35)18-38-20(2)26-16-23(29(31,32)33)12-11-22(26)6-3-4-8-28(36)37/h9-12,15-16,19-20,24-25,27,35H,3-8,13-14,17-18H2,1-2H3,(H,36,37)/t19?,20-,24+,25?,27?/m1/s1. The summed E-state index contributed by atoms with van der Waals surface area (Å²) in [4.78, 5) is 12.9. The summed E-state index contributed by atoms with van der Waals surface area (Å²) in [5.41, 5.74) is 1.27. The smallest absolute Gasteiger partial charge is 0.416 e. The number of nitrogens with zero attached hydrogens (tertiary/aromatic N) is 1. The van der Waals surface area contributed by atoms with Crippen LogP contribution in [0.25, 0.3) is 0 Å². The molecule has 1 saturated heterocycles. The van der Waals surface area contributed by atoms with Crippen LogP contribution in [-0.4, -0.2) is 59.1 Å². The van der Waals surface area contributed by atoms with E-state index in [4.69, 9.17) is 9.84 Å². The van der Waals surface area contributed by atoms with E-state index in [1.807, 2.05) is 19.1 Å². The Morgan fingerprint density at radius 2 is 2.03 bits per heavy atom. The van der Waals surface area contributed by atoms with Gasteiger partial charge < -0.3 is 14.9 Å². The van der Waals surface area contributed by atoms with E-state index in [-0.39, 0.29) is 25.0 Å². The summed E-state index contributed by atoms with van der Waals surface area (Å²) < 4.78 is 60.0. The molecule has 9 heteroatoms. The number of alkyl halides is 4. The molecule has 0 radical (unpaired) electrons. The first kappa shape index (κ1) is 30.3. The summed E-state index contributed by atoms with van der Waals surface area (Å²) in [6.07, 6.45) is 2.61. The average molecular weight is 542 g/mol. The maximum Gasteiger partial charge on any atom is 0.416 e. The number of hydrogen-bond acceptors (Lipinski definition) is 4. The number of ether oxygens (including phenoxy) is 1. The predicted molar refractivity (Wildman–Crippen MR) is 138 cm³/mol. The molecule has 1 aromatic carbocycles. The van der Waals surface area contributed by atoms with Crippen molar-refractivity contribution < 1.29 is 37.3 Å². The van der Waals surface area contributed by atoms with Crippen LogP contribution in [0.15, 0.2) is 42.0 Å². The number of aliphatic hydroxyl groups excluding tert-OH is 1. The molecule has 38 heavy (non-hydrogen) atoms. The van der Waals surface area contributed by atoms with Gasteiger partial charge in [0, 0.05) is 24.9 Å². The van der Waals surface area contributed by atoms with Crippen molar-refractivity contribution in [1.82, 2.24) is 4.90 Å². The molecule has 1 aliphatic carbocycles. The lowest BCUT2D eigenvalue weighted by molar-refractivity contribution is -0.138. The molecule has 0 bridgehead atoms. The second-order valence-electron chi connectivity index (χ2n) is 10.5. The van der Waals surface area contributed by atoms with Crippen LogP contribution in [0.4, 0.5) is 17.6 Å². The number of hydrogen-bond donors (Lipinski definition) is 2. The van der Waals surface area contributed by atoms with Crippen LogP contribution in [0, 0.1) is 5.92 Å². The van der Waals surface area contributed by atoms with Crippen molar-refractivity contribution in [2.75, 3.05) is 19.7 Å². The van der Waals surface area contributed by atoms with E-state index in [1.54, 1.807) is 13.0 Å². The number of allylic oxidation sites excluding steroid dienone is 3. The summed E-state index contributed by atoms with van der Waals surface area (Å²) in [6.45, 7) is 4.66. The molecule has 1 aliphatic heterocycles. The third-order valence-electron chi connectivity index (χ3n) is 7.44. The molecule has 1 heterocycles. The van der Waals surface area contributed by atoms with Gasteiger partial charge in [0.15, 0.2) is 0 Å². The summed E-state index contributed by atoms with van der Waals surface area (Å²) in [5, 5.41) is 19.5. The largest absolute Gasteiger partial charge is 0.481 e. The summed E-state index contributed by atoms with van der Waals surface area (Å²) in [5.74, 6) is -1.03. The fourth-order valence-corrected chi connectivity index (χ4v) is 5.21. The number of halogens is 4. The summed E-state index contributed by atoms with van der Waals surface area (Å²) in [6, 6.07) is 3.75. The minimum Gasteiger partial charge on any atom is -0.481 e. The van der Waals surface area contributed by atoms with Gasteiger partial charge in [0.1, 0.15) is 6.17 Å². The quantitative estimate of drug-likeness (QED) is 0.228. The van der Waals surface area contributed by atoms with Gasteiger partial charge in [-0.15, -0.1) is 0 Å². The fraction of sp³-hybridized carbons (Fsp3) is 0.621. The maximum atomic E-state index is 14.1. The molecule has 5 atom stereocenters. The second-order valence-corrected chi connectivity index (χ2v) is 10.5. The first-order chi connectivity index (χ1) is 17.9. The number of aliphatic hydroxyl groups is 1. The zero-order valence-corrected chi connectivity index (χ0v) is 22.1. The Kier molecular flexibility index (Phi) is 10.9. The van der Waals surface area contributed by atoms with Crippen molar-refractivity contribution in [2.45, 2.75) is 89.4 Å². The van der Waals surface area contributed by atoms with E-state index in [0.717, 1.165) is 37.1 Å². The Bertz CT molecular complexity index is 993. The molecule has 0 saturated carbocycles. The zero-order chi connectivity index (χ0) is 27.9. The van der Waals surface area contributed by atoms with Crippen LogP contribution in [0.2, 0.25) is 0 Å². The number of carbonyl (C=O) groups is 1. The summed E-state index contributed by atoms with van der Waals surface area (Å²) >= 11 is 0. The van der Waals surface area contributed by atoms with E-state index >= 15 is 0 Å². The SMILES string of the molecule is CC1C=CC(C[C@@H]2CCCN2CC(O)CO[C@H](C)c2cc(C(F)(F)F)ccc2CCCCC(=O)O)=CC1F. The number of rotatable bonds is 13. The van der Waals surface area contributed by atoms with E-state index < -0.39 is 36.1 Å². The highest BCUT2D eigenvalue weighted by Crippen LogP contribution is 2.34. The Morgan fingerprint density at radius 1 is 1.26 bits per heavy atom. The van der Waals surface area contributed by atoms with Gasteiger partial charge in [0.25, 0.3) is 0 Å². The van der Waals surface area contributed by atoms with Gasteiger partial charge in [-0.2, -0.15) is 13.2 Å². The van der Waals surface area contributed by atoms with Gasteiger partial charge in [0.2, 0.25) is 0 Å². The van der Waals surface area contributed by atoms with E-state index in [9.17, 15) is 27.5 Å². The third-order valence-corrected chi connectivity index (χ3v) is 7.44. The number of benzene rings is 1. The molecule has 2 aliphatic rings. The summed E-state index contributed by atoms with van der Waals surface area (Å²) in [7, 11) is 0. The number of likely N-dealkylation sites (tertiary alicyclic amines) is 1. The lowest BCUT2D eigenvalue weighted by atomic mass is 9.92. The van der Waals surface area contributed by atoms with E-state index in [2.05, 4.69) is 4.90 Å². The number of carboxylic acids is 1. The average Bonchev–Trinajstić information content (AvgIpc) is 3.28. The normalized spacial score (nSPS) is 23.9. The van der Waals surface area contributed by atoms with Gasteiger partial charge in [-0.1, -0.05) is 25.1 Å². The maximum absolute atomic E-state index is 14.1. The van der Waals surface area contributed by atoms with Gasteiger partial charge in [0.05, 0.1) is 24.4 Å². The molecular formula is C29H39F4NO4. The Morgan fingerprint density at radius 3 is 2.71 bits per heavy atom. The highest BCUT2D eigenvalue weighted by molar-refractivity contribution is 5.66. The number of aliphatic carboxylic acids is 1. The lowest BCUT2D eigenvalue weighted by Crippen LogP contribution is -2.38. The Labute approximate surface area is 222 Å². The predicted octanol–water partition coefficient (Wildman–Crippen LogP) is 6.27. The van der Waals surface area contributed by atoms with Crippen LogP contribution >= 0.6 is 0 Å². The molecule has 212 valence electrons. The lowest BCUT2D eigenvalue weighted by Gasteiger charge is -2.29. The molecular weight excluding hydrogens is 502 g/mol. The van der Waals surface area contributed by atoms with Crippen LogP contribution < -0.4 is 0 Å². The number of aryl methyl sites for hydroxylation is 1. The Hall–Kier alpha value is -2.23. The molecule has 0 spiro atoms. The van der Waals surface area contributed by atoms with Crippen LogP contribution in [0.1, 0.15) is 75.2 Å². The topological polar surface area (TPSA) is 70.0 Å². The van der Waals surface area contributed by atoms with Crippen molar-refractivity contribution in [3.05, 3.63) is 58.7 Å². The van der Waals surface area contributed by atoms with Gasteiger partial charge in [-0.25, -0.2) is 4.39 Å². The van der Waals surface area contributed by atoms with Crippen molar-refractivity contribution in [2.24, 2.45) is 5.92 Å². The van der Waals surface area contributed by atoms with Crippen molar-refractivity contribution in [3.8, 4) is 0 Å². The number of β-amino-alcohol motifs (C(OH)–C–C–N with tert-alkyl or cyclic N) is 1. The molecule has 0 amide bonds. The van der Waals surface area contributed by atoms with Crippen molar-refractivity contribution in [3.63, 3.8) is 0 Å². The van der Waals surface area contributed by atoms with Crippen LogP contribution in [-0.2, 0) is 22.1 Å². The van der Waals surface area contributed by atoms with Crippen LogP contribution in [0.5, 0.6) is 0 Å². The van der Waals surface area contributed by atoms with Crippen molar-refractivity contribution in [1.29, 1.82) is 0 Å². The monoisotopic (exact) mass is 541 g/mol. The molecule has 0 aromatic heterocycles. The first-order valence-electron chi connectivity index (χ1n) is 13.4. The van der Waals surface area contributed by atoms with Gasteiger partial charge in [-0.3, -0.25) is 9.69 Å². The highest BCUT2D eigenvalue weighted by atomic mass is 19.4. The van der Waals surface area contributed by atoms with Gasteiger partial charge in [-0.05, 0) is 86.9 Å². The highest BCUT2D eigenvalue weighted by Gasteiger charge is 2.32. The molecule has 3 unspecified atom stereocenters. The zero-order valence-electron chi connectivity index (χ0n) is 22.1. The molecule has 2 N–H and O–H groups in total. The first-order valence-corrected chi connectivity index (χ1v) is 13.4. The van der Waals surface area contributed by atoms with Crippen molar-refractivity contribution >= 4 is 5.97 Å². The minimum atomic E-state index is -4.50. The minimum absolute atomic E-state index is 0.00671. The molecule has 1 aromatic rings. The molecule has 3 rings (SSSR count). The van der Waals surface area contributed by atoms with E-state index in [0.29, 0.717) is 43.4 Å².